The van der Waals surface area contributed by atoms with Crippen LogP contribution in [0.1, 0.15) is 65.7 Å². The first-order valence-electron chi connectivity index (χ1n) is 6.89. The highest BCUT2D eigenvalue weighted by atomic mass is 14.6. The van der Waals surface area contributed by atoms with Gasteiger partial charge in [0, 0.05) is 6.04 Å². The summed E-state index contributed by atoms with van der Waals surface area (Å²) in [7, 11) is 0. The second-order valence-electron chi connectivity index (χ2n) is 5.87. The molecule has 1 heteroatoms. The Labute approximate surface area is 95.8 Å². The fourth-order valence-corrected chi connectivity index (χ4v) is 3.17. The van der Waals surface area contributed by atoms with Crippen LogP contribution in [0.2, 0.25) is 0 Å². The highest BCUT2D eigenvalue weighted by Crippen LogP contribution is 2.34. The maximum Gasteiger partial charge on any atom is 0.00671 e. The van der Waals surface area contributed by atoms with E-state index in [2.05, 4.69) is 20.8 Å². The lowest BCUT2D eigenvalue weighted by Crippen LogP contribution is -2.33. The highest BCUT2D eigenvalue weighted by molar-refractivity contribution is 4.80. The largest absolute Gasteiger partial charge is 0.327 e. The van der Waals surface area contributed by atoms with Gasteiger partial charge in [-0.1, -0.05) is 40.0 Å². The van der Waals surface area contributed by atoms with E-state index in [1.165, 1.54) is 44.9 Å². The van der Waals surface area contributed by atoms with Gasteiger partial charge in [0.25, 0.3) is 0 Å². The monoisotopic (exact) mass is 211 g/mol. The van der Waals surface area contributed by atoms with E-state index in [0.29, 0.717) is 6.04 Å². The summed E-state index contributed by atoms with van der Waals surface area (Å²) in [6.45, 7) is 6.93. The molecule has 0 saturated heterocycles. The molecule has 0 heterocycles. The van der Waals surface area contributed by atoms with Gasteiger partial charge in [-0.15, -0.1) is 0 Å². The van der Waals surface area contributed by atoms with Gasteiger partial charge < -0.3 is 5.73 Å². The average Bonchev–Trinajstić information content (AvgIpc) is 2.17. The summed E-state index contributed by atoms with van der Waals surface area (Å²) in [4.78, 5) is 0. The van der Waals surface area contributed by atoms with Crippen LogP contribution in [-0.2, 0) is 0 Å². The highest BCUT2D eigenvalue weighted by Gasteiger charge is 2.26. The van der Waals surface area contributed by atoms with Crippen molar-refractivity contribution >= 4 is 0 Å². The molecule has 1 saturated carbocycles. The van der Waals surface area contributed by atoms with Crippen LogP contribution in [0, 0.1) is 17.8 Å². The van der Waals surface area contributed by atoms with Crippen LogP contribution >= 0.6 is 0 Å². The van der Waals surface area contributed by atoms with E-state index in [-0.39, 0.29) is 0 Å². The smallest absolute Gasteiger partial charge is 0.00671 e. The Kier molecular flexibility index (Phi) is 5.66. The van der Waals surface area contributed by atoms with Crippen molar-refractivity contribution in [2.45, 2.75) is 71.8 Å². The van der Waals surface area contributed by atoms with Crippen LogP contribution in [0.15, 0.2) is 0 Å². The van der Waals surface area contributed by atoms with Gasteiger partial charge in [-0.2, -0.15) is 0 Å². The maximum atomic E-state index is 6.25. The Morgan fingerprint density at radius 3 is 2.60 bits per heavy atom. The summed E-state index contributed by atoms with van der Waals surface area (Å²) in [6, 6.07) is 0.477. The zero-order chi connectivity index (χ0) is 11.3. The van der Waals surface area contributed by atoms with Gasteiger partial charge >= 0.3 is 0 Å². The molecule has 0 aliphatic heterocycles. The molecular weight excluding hydrogens is 182 g/mol. The lowest BCUT2D eigenvalue weighted by Gasteiger charge is -2.33. The number of hydrogen-bond acceptors (Lipinski definition) is 1. The standard InChI is InChI=1S/C14H29N/c1-4-6-14(15)13-8-5-7-12(10-13)9-11(2)3/h11-14H,4-10,15H2,1-3H3. The SMILES string of the molecule is CCCC(N)C1CCCC(CC(C)C)C1. The quantitative estimate of drug-likeness (QED) is 0.731. The fraction of sp³-hybridized carbons (Fsp3) is 1.00. The molecule has 1 rings (SSSR count). The molecule has 0 amide bonds. The first-order chi connectivity index (χ1) is 7.13. The topological polar surface area (TPSA) is 26.0 Å². The Morgan fingerprint density at radius 1 is 1.27 bits per heavy atom. The predicted molar refractivity (Wildman–Crippen MR) is 67.8 cm³/mol. The predicted octanol–water partition coefficient (Wildman–Crippen LogP) is 3.97. The van der Waals surface area contributed by atoms with Gasteiger partial charge in [-0.3, -0.25) is 0 Å². The third-order valence-electron chi connectivity index (χ3n) is 3.86. The van der Waals surface area contributed by atoms with Crippen molar-refractivity contribution < 1.29 is 0 Å². The zero-order valence-corrected chi connectivity index (χ0v) is 10.8. The number of nitrogens with two attached hydrogens (primary N) is 1. The first-order valence-corrected chi connectivity index (χ1v) is 6.89. The van der Waals surface area contributed by atoms with E-state index in [1.807, 2.05) is 0 Å². The molecule has 3 atom stereocenters. The third kappa shape index (κ3) is 4.55. The van der Waals surface area contributed by atoms with Crippen LogP contribution in [-0.4, -0.2) is 6.04 Å². The average molecular weight is 211 g/mol. The van der Waals surface area contributed by atoms with Gasteiger partial charge in [-0.05, 0) is 43.4 Å². The molecule has 1 aliphatic rings. The number of rotatable bonds is 5. The summed E-state index contributed by atoms with van der Waals surface area (Å²) in [5.41, 5.74) is 6.25. The second-order valence-corrected chi connectivity index (χ2v) is 5.87. The Bertz CT molecular complexity index is 165. The molecule has 0 aromatic carbocycles. The van der Waals surface area contributed by atoms with Crippen molar-refractivity contribution in [2.24, 2.45) is 23.5 Å². The van der Waals surface area contributed by atoms with Gasteiger partial charge in [0.2, 0.25) is 0 Å². The maximum absolute atomic E-state index is 6.25. The van der Waals surface area contributed by atoms with Crippen LogP contribution in [0.5, 0.6) is 0 Å². The minimum Gasteiger partial charge on any atom is -0.327 e. The molecule has 15 heavy (non-hydrogen) atoms. The van der Waals surface area contributed by atoms with Crippen molar-refractivity contribution in [1.82, 2.24) is 0 Å². The summed E-state index contributed by atoms with van der Waals surface area (Å²) in [6.07, 6.45) is 9.53. The minimum absolute atomic E-state index is 0.477. The fourth-order valence-electron chi connectivity index (χ4n) is 3.17. The van der Waals surface area contributed by atoms with Gasteiger partial charge in [0.1, 0.15) is 0 Å². The lowest BCUT2D eigenvalue weighted by molar-refractivity contribution is 0.205. The third-order valence-corrected chi connectivity index (χ3v) is 3.86. The van der Waals surface area contributed by atoms with Gasteiger partial charge in [0.05, 0.1) is 0 Å². The molecule has 2 N–H and O–H groups in total. The molecule has 3 unspecified atom stereocenters. The van der Waals surface area contributed by atoms with E-state index in [9.17, 15) is 0 Å². The van der Waals surface area contributed by atoms with Gasteiger partial charge in [0.15, 0.2) is 0 Å². The summed E-state index contributed by atoms with van der Waals surface area (Å²) in [5.74, 6) is 2.64. The minimum atomic E-state index is 0.477. The molecule has 0 radical (unpaired) electrons. The number of hydrogen-bond donors (Lipinski definition) is 1. The zero-order valence-electron chi connectivity index (χ0n) is 10.8. The molecule has 0 aromatic rings. The van der Waals surface area contributed by atoms with E-state index < -0.39 is 0 Å². The van der Waals surface area contributed by atoms with E-state index in [0.717, 1.165) is 17.8 Å². The Balaban J connectivity index is 2.34. The summed E-state index contributed by atoms with van der Waals surface area (Å²) < 4.78 is 0. The molecule has 0 bridgehead atoms. The Morgan fingerprint density at radius 2 is 2.00 bits per heavy atom. The second kappa shape index (κ2) is 6.52. The Hall–Kier alpha value is -0.0400. The van der Waals surface area contributed by atoms with Crippen molar-refractivity contribution in [3.05, 3.63) is 0 Å². The first kappa shape index (κ1) is 13.0. The van der Waals surface area contributed by atoms with Crippen molar-refractivity contribution in [3.63, 3.8) is 0 Å². The molecule has 90 valence electrons. The van der Waals surface area contributed by atoms with Crippen LogP contribution in [0.4, 0.5) is 0 Å². The summed E-state index contributed by atoms with van der Waals surface area (Å²) >= 11 is 0. The molecule has 1 nitrogen and oxygen atoms in total. The van der Waals surface area contributed by atoms with Crippen molar-refractivity contribution in [1.29, 1.82) is 0 Å². The normalized spacial score (nSPS) is 29.4. The molecule has 1 aliphatic carbocycles. The van der Waals surface area contributed by atoms with E-state index in [1.54, 1.807) is 0 Å². The van der Waals surface area contributed by atoms with Crippen molar-refractivity contribution in [2.75, 3.05) is 0 Å². The van der Waals surface area contributed by atoms with Crippen LogP contribution in [0.3, 0.4) is 0 Å². The molecule has 0 spiro atoms. The van der Waals surface area contributed by atoms with Gasteiger partial charge in [-0.25, -0.2) is 0 Å². The summed E-state index contributed by atoms with van der Waals surface area (Å²) in [5, 5.41) is 0. The lowest BCUT2D eigenvalue weighted by atomic mass is 9.74. The van der Waals surface area contributed by atoms with E-state index >= 15 is 0 Å². The van der Waals surface area contributed by atoms with Crippen LogP contribution < -0.4 is 5.73 Å². The molecule has 0 aromatic heterocycles. The van der Waals surface area contributed by atoms with Crippen molar-refractivity contribution in [3.8, 4) is 0 Å². The van der Waals surface area contributed by atoms with E-state index in [4.69, 9.17) is 5.73 Å². The molecule has 1 fully saturated rings. The molecular formula is C14H29N. The van der Waals surface area contributed by atoms with Crippen LogP contribution in [0.25, 0.3) is 0 Å².